The van der Waals surface area contributed by atoms with Crippen LogP contribution >= 0.6 is 22.9 Å². The van der Waals surface area contributed by atoms with Crippen LogP contribution in [0.1, 0.15) is 16.8 Å². The summed E-state index contributed by atoms with van der Waals surface area (Å²) in [6, 6.07) is 22.6. The lowest BCUT2D eigenvalue weighted by Gasteiger charge is -2.32. The van der Waals surface area contributed by atoms with Crippen LogP contribution in [-0.4, -0.2) is 98.3 Å². The standard InChI is InChI=1S/C45H41ClFN7O5S/c1-28-34(11-12-36(40(28)46)57-24-23-54-21-19-53(2)20-22-54)38-39-43(50-27-51-44(39)60-41(38)29-7-9-32(47)10-8-29)59-37(45(55)56)25-31-5-3-4-6-35(31)58-26-33-15-18-49-42(52-33)30-13-16-48-17-14-30/h3-18,27,37H,19-26H2,1-2H3,(H,55,56)/t37-/m1/s1. The summed E-state index contributed by atoms with van der Waals surface area (Å²) in [5.74, 6) is 0.0952. The molecule has 12 nitrogen and oxygen atoms in total. The van der Waals surface area contributed by atoms with Crippen molar-refractivity contribution < 1.29 is 28.5 Å². The minimum atomic E-state index is -1.37. The lowest BCUT2D eigenvalue weighted by atomic mass is 9.96. The van der Waals surface area contributed by atoms with E-state index in [-0.39, 0.29) is 24.7 Å². The number of piperazine rings is 1. The number of fused-ring (bicyclic) bond motifs is 1. The number of hydrogen-bond donors (Lipinski definition) is 1. The lowest BCUT2D eigenvalue weighted by Crippen LogP contribution is -2.45. The van der Waals surface area contributed by atoms with Gasteiger partial charge in [0.1, 0.15) is 41.7 Å². The monoisotopic (exact) mass is 845 g/mol. The third kappa shape index (κ3) is 9.21. The fourth-order valence-corrected chi connectivity index (χ4v) is 8.42. The highest BCUT2D eigenvalue weighted by Gasteiger charge is 2.28. The van der Waals surface area contributed by atoms with E-state index in [2.05, 4.69) is 41.8 Å². The zero-order valence-corrected chi connectivity index (χ0v) is 34.5. The van der Waals surface area contributed by atoms with Crippen LogP contribution in [0.4, 0.5) is 4.39 Å². The molecule has 1 fully saturated rings. The molecular weight excluding hydrogens is 805 g/mol. The van der Waals surface area contributed by atoms with Gasteiger partial charge in [0.05, 0.1) is 16.1 Å². The van der Waals surface area contributed by atoms with Crippen molar-refractivity contribution in [1.82, 2.24) is 34.7 Å². The number of benzene rings is 3. The van der Waals surface area contributed by atoms with E-state index in [4.69, 9.17) is 25.8 Å². The number of likely N-dealkylation sites (N-methyl/N-ethyl adjacent to an activating group) is 1. The maximum atomic E-state index is 14.2. The second-order valence-corrected chi connectivity index (χ2v) is 15.7. The van der Waals surface area contributed by atoms with E-state index in [0.717, 1.165) is 59.9 Å². The Balaban J connectivity index is 1.09. The molecule has 0 amide bonds. The van der Waals surface area contributed by atoms with Crippen molar-refractivity contribution in [3.8, 4) is 50.3 Å². The quantitative estimate of drug-likeness (QED) is 0.106. The number of aromatic nitrogens is 5. The number of ether oxygens (including phenoxy) is 3. The van der Waals surface area contributed by atoms with Crippen molar-refractivity contribution in [2.45, 2.75) is 26.1 Å². The van der Waals surface area contributed by atoms with Gasteiger partial charge in [-0.15, -0.1) is 11.3 Å². The summed E-state index contributed by atoms with van der Waals surface area (Å²) < 4.78 is 33.0. The van der Waals surface area contributed by atoms with Crippen molar-refractivity contribution in [1.29, 1.82) is 0 Å². The van der Waals surface area contributed by atoms with Crippen LogP contribution in [0.15, 0.2) is 104 Å². The predicted molar refractivity (Wildman–Crippen MR) is 229 cm³/mol. The van der Waals surface area contributed by atoms with Gasteiger partial charge in [-0.2, -0.15) is 0 Å². The minimum absolute atomic E-state index is 0.0433. The van der Waals surface area contributed by atoms with Crippen LogP contribution in [-0.2, 0) is 17.8 Å². The molecule has 0 unspecified atom stereocenters. The fourth-order valence-electron chi connectivity index (χ4n) is 7.05. The SMILES string of the molecule is Cc1c(-c2c(-c3ccc(F)cc3)sc3ncnc(O[C@H](Cc4ccccc4OCc4ccnc(-c5ccncc5)n4)C(=O)O)c23)ccc(OCCN2CCN(C)CC2)c1Cl. The van der Waals surface area contributed by atoms with Gasteiger partial charge in [0.25, 0.3) is 0 Å². The Morgan fingerprint density at radius 1 is 0.900 bits per heavy atom. The predicted octanol–water partition coefficient (Wildman–Crippen LogP) is 8.26. The average Bonchev–Trinajstić information content (AvgIpc) is 3.66. The molecule has 1 N–H and O–H groups in total. The third-order valence-corrected chi connectivity index (χ3v) is 12.0. The van der Waals surface area contributed by atoms with E-state index in [1.54, 1.807) is 48.9 Å². The smallest absolute Gasteiger partial charge is 0.345 e. The normalized spacial score (nSPS) is 13.9. The Morgan fingerprint density at radius 3 is 2.47 bits per heavy atom. The van der Waals surface area contributed by atoms with Gasteiger partial charge in [0, 0.05) is 73.7 Å². The van der Waals surface area contributed by atoms with Crippen molar-refractivity contribution >= 4 is 39.1 Å². The molecule has 60 heavy (non-hydrogen) atoms. The van der Waals surface area contributed by atoms with Gasteiger partial charge >= 0.3 is 5.97 Å². The molecule has 4 aromatic heterocycles. The maximum Gasteiger partial charge on any atom is 0.345 e. The van der Waals surface area contributed by atoms with Crippen molar-refractivity contribution in [2.75, 3.05) is 46.4 Å². The molecule has 0 saturated carbocycles. The molecule has 0 bridgehead atoms. The number of carbonyl (C=O) groups is 1. The number of rotatable bonds is 15. The molecule has 1 aliphatic heterocycles. The van der Waals surface area contributed by atoms with Gasteiger partial charge < -0.3 is 24.2 Å². The number of pyridine rings is 1. The maximum absolute atomic E-state index is 14.2. The second kappa shape index (κ2) is 18.5. The number of hydrogen-bond acceptors (Lipinski definition) is 12. The van der Waals surface area contributed by atoms with Crippen LogP contribution < -0.4 is 14.2 Å². The summed E-state index contributed by atoms with van der Waals surface area (Å²) in [6.45, 7) is 7.29. The zero-order chi connectivity index (χ0) is 41.6. The topological polar surface area (TPSA) is 136 Å². The molecule has 1 atom stereocenters. The van der Waals surface area contributed by atoms with Crippen molar-refractivity contribution in [3.05, 3.63) is 131 Å². The Morgan fingerprint density at radius 2 is 1.68 bits per heavy atom. The largest absolute Gasteiger partial charge is 0.491 e. The molecule has 306 valence electrons. The van der Waals surface area contributed by atoms with E-state index in [1.165, 1.54) is 29.8 Å². The summed E-state index contributed by atoms with van der Waals surface area (Å²) in [5.41, 5.74) is 4.99. The third-order valence-electron chi connectivity index (χ3n) is 10.4. The minimum Gasteiger partial charge on any atom is -0.491 e. The van der Waals surface area contributed by atoms with Gasteiger partial charge in [0.2, 0.25) is 12.0 Å². The molecule has 7 aromatic rings. The van der Waals surface area contributed by atoms with Crippen LogP contribution in [0.5, 0.6) is 17.4 Å². The van der Waals surface area contributed by atoms with E-state index >= 15 is 0 Å². The first-order valence-electron chi connectivity index (χ1n) is 19.4. The van der Waals surface area contributed by atoms with Crippen LogP contribution in [0.2, 0.25) is 5.02 Å². The van der Waals surface area contributed by atoms with E-state index in [0.29, 0.717) is 56.0 Å². The molecule has 3 aromatic carbocycles. The van der Waals surface area contributed by atoms with Gasteiger partial charge in [0.15, 0.2) is 5.82 Å². The number of aliphatic carboxylic acids is 1. The molecule has 0 radical (unpaired) electrons. The van der Waals surface area contributed by atoms with Crippen molar-refractivity contribution in [3.63, 3.8) is 0 Å². The Hall–Kier alpha value is -6.06. The molecule has 15 heteroatoms. The fraction of sp³-hybridized carbons (Fsp3) is 0.244. The van der Waals surface area contributed by atoms with Gasteiger partial charge in [-0.05, 0) is 78.7 Å². The average molecular weight is 846 g/mol. The summed E-state index contributed by atoms with van der Waals surface area (Å²) in [5, 5.41) is 11.5. The molecule has 8 rings (SSSR count). The van der Waals surface area contributed by atoms with Crippen LogP contribution in [0.25, 0.3) is 43.2 Å². The van der Waals surface area contributed by atoms with Gasteiger partial charge in [-0.1, -0.05) is 48.0 Å². The van der Waals surface area contributed by atoms with E-state index in [1.807, 2.05) is 43.3 Å². The summed E-state index contributed by atoms with van der Waals surface area (Å²) >= 11 is 8.41. The highest BCUT2D eigenvalue weighted by atomic mass is 35.5. The van der Waals surface area contributed by atoms with Crippen LogP contribution in [0, 0.1) is 12.7 Å². The number of thiophene rings is 1. The number of carboxylic acid groups (broad SMARTS) is 1. The highest BCUT2D eigenvalue weighted by Crippen LogP contribution is 2.49. The number of para-hydroxylation sites is 1. The summed E-state index contributed by atoms with van der Waals surface area (Å²) in [7, 11) is 2.13. The van der Waals surface area contributed by atoms with Crippen molar-refractivity contribution in [2.24, 2.45) is 0 Å². The molecule has 0 spiro atoms. The Kier molecular flexibility index (Phi) is 12.5. The number of nitrogens with zero attached hydrogens (tertiary/aromatic N) is 7. The Labute approximate surface area is 355 Å². The molecule has 0 aliphatic carbocycles. The van der Waals surface area contributed by atoms with Crippen LogP contribution in [0.3, 0.4) is 0 Å². The molecule has 1 aliphatic rings. The first-order chi connectivity index (χ1) is 29.2. The molecule has 1 saturated heterocycles. The van der Waals surface area contributed by atoms with Gasteiger partial charge in [-0.25, -0.2) is 29.1 Å². The van der Waals surface area contributed by atoms with E-state index < -0.39 is 12.1 Å². The summed E-state index contributed by atoms with van der Waals surface area (Å²) in [6.07, 6.45) is 4.96. The molecular formula is C45H41ClFN7O5S. The number of carboxylic acids is 1. The number of halogens is 2. The zero-order valence-electron chi connectivity index (χ0n) is 32.9. The summed E-state index contributed by atoms with van der Waals surface area (Å²) in [4.78, 5) is 41.1. The lowest BCUT2D eigenvalue weighted by molar-refractivity contribution is -0.145. The second-order valence-electron chi connectivity index (χ2n) is 14.4. The van der Waals surface area contributed by atoms with E-state index in [9.17, 15) is 14.3 Å². The highest BCUT2D eigenvalue weighted by molar-refractivity contribution is 7.22. The Bertz CT molecular complexity index is 2610. The molecule has 5 heterocycles. The first kappa shape index (κ1) is 40.7. The van der Waals surface area contributed by atoms with Gasteiger partial charge in [-0.3, -0.25) is 9.88 Å². The first-order valence-corrected chi connectivity index (χ1v) is 20.6.